The van der Waals surface area contributed by atoms with Crippen LogP contribution in [0.1, 0.15) is 58.7 Å². The Kier molecular flexibility index (Phi) is 6.58. The maximum absolute atomic E-state index is 2.29. The van der Waals surface area contributed by atoms with E-state index in [9.17, 15) is 0 Å². The fraction of sp³-hybridized carbons (Fsp3) is 0.280. The fourth-order valence-electron chi connectivity index (χ4n) is 3.47. The first-order chi connectivity index (χ1) is 12.1. The molecule has 0 N–H and O–H groups in total. The maximum atomic E-state index is 2.29. The van der Waals surface area contributed by atoms with E-state index in [1.165, 1.54) is 38.9 Å². The van der Waals surface area contributed by atoms with Crippen molar-refractivity contribution in [3.63, 3.8) is 0 Å². The van der Waals surface area contributed by atoms with E-state index in [-0.39, 0.29) is 5.92 Å². The van der Waals surface area contributed by atoms with Crippen LogP contribution >= 0.6 is 0 Å². The summed E-state index contributed by atoms with van der Waals surface area (Å²) >= 11 is 0. The normalized spacial score (nSPS) is 10.4. The van der Waals surface area contributed by atoms with Gasteiger partial charge < -0.3 is 0 Å². The predicted octanol–water partition coefficient (Wildman–Crippen LogP) is 7.13. The minimum absolute atomic E-state index is 0.289. The van der Waals surface area contributed by atoms with Crippen molar-refractivity contribution in [2.24, 2.45) is 0 Å². The second kappa shape index (κ2) is 8.67. The van der Waals surface area contributed by atoms with E-state index in [0.717, 1.165) is 0 Å². The third-order valence-corrected chi connectivity index (χ3v) is 4.61. The molecule has 0 amide bonds. The summed E-state index contributed by atoms with van der Waals surface area (Å²) in [6.45, 7) is 12.8. The lowest BCUT2D eigenvalue weighted by atomic mass is 9.81. The van der Waals surface area contributed by atoms with Gasteiger partial charge in [0.25, 0.3) is 0 Å². The largest absolute Gasteiger partial charge is 0.0683 e. The molecule has 0 nitrogen and oxygen atoms in total. The lowest BCUT2D eigenvalue weighted by Gasteiger charge is -2.23. The van der Waals surface area contributed by atoms with Crippen molar-refractivity contribution in [2.75, 3.05) is 0 Å². The van der Waals surface area contributed by atoms with Crippen molar-refractivity contribution in [2.45, 2.75) is 47.5 Å². The highest BCUT2D eigenvalue weighted by atomic mass is 14.2. The fourth-order valence-corrected chi connectivity index (χ4v) is 3.47. The third kappa shape index (κ3) is 4.39. The van der Waals surface area contributed by atoms with Crippen LogP contribution in [0.4, 0.5) is 0 Å². The molecule has 0 saturated carbocycles. The van der Waals surface area contributed by atoms with E-state index < -0.39 is 0 Å². The minimum atomic E-state index is 0.289. The monoisotopic (exact) mass is 330 g/mol. The highest BCUT2D eigenvalue weighted by Crippen LogP contribution is 2.35. The van der Waals surface area contributed by atoms with Gasteiger partial charge >= 0.3 is 0 Å². The van der Waals surface area contributed by atoms with E-state index in [4.69, 9.17) is 0 Å². The van der Waals surface area contributed by atoms with E-state index in [1.807, 2.05) is 13.8 Å². The molecular formula is C25H30. The number of benzene rings is 3. The summed E-state index contributed by atoms with van der Waals surface area (Å²) in [4.78, 5) is 0. The Hall–Kier alpha value is -2.34. The van der Waals surface area contributed by atoms with E-state index in [0.29, 0.717) is 0 Å². The van der Waals surface area contributed by atoms with Crippen molar-refractivity contribution in [1.82, 2.24) is 0 Å². The molecule has 0 aliphatic heterocycles. The Bertz CT molecular complexity index is 761. The second-order valence-corrected chi connectivity index (χ2v) is 6.56. The lowest BCUT2D eigenvalue weighted by molar-refractivity contribution is 0.946. The molecule has 0 atom stereocenters. The SMILES string of the molecule is CC.Cc1ccc(C(c2ccccc2)c2ccc(C)cc2C)c(C)c1. The van der Waals surface area contributed by atoms with Crippen LogP contribution in [0.3, 0.4) is 0 Å². The summed E-state index contributed by atoms with van der Waals surface area (Å²) in [7, 11) is 0. The van der Waals surface area contributed by atoms with Gasteiger partial charge in [-0.3, -0.25) is 0 Å². The number of hydrogen-bond donors (Lipinski definition) is 0. The lowest BCUT2D eigenvalue weighted by Crippen LogP contribution is -2.07. The quantitative estimate of drug-likeness (QED) is 0.448. The Balaban J connectivity index is 0.00000109. The van der Waals surface area contributed by atoms with Crippen LogP contribution in [-0.2, 0) is 0 Å². The number of hydrogen-bond acceptors (Lipinski definition) is 0. The molecule has 3 aromatic carbocycles. The zero-order chi connectivity index (χ0) is 18.4. The standard InChI is InChI=1S/C23H24.C2H6/c1-16-10-12-21(18(3)14-16)23(20-8-6-5-7-9-20)22-13-11-17(2)15-19(22)4;1-2/h5-15,23H,1-4H3;1-2H3. The Morgan fingerprint density at radius 2 is 1.00 bits per heavy atom. The van der Waals surface area contributed by atoms with Crippen LogP contribution in [-0.4, -0.2) is 0 Å². The third-order valence-electron chi connectivity index (χ3n) is 4.61. The molecule has 3 aromatic rings. The Morgan fingerprint density at radius 1 is 0.560 bits per heavy atom. The minimum Gasteiger partial charge on any atom is -0.0683 e. The highest BCUT2D eigenvalue weighted by Gasteiger charge is 2.20. The Morgan fingerprint density at radius 3 is 1.40 bits per heavy atom. The first-order valence-electron chi connectivity index (χ1n) is 9.25. The van der Waals surface area contributed by atoms with Gasteiger partial charge in [-0.15, -0.1) is 0 Å². The number of aryl methyl sites for hydroxylation is 4. The van der Waals surface area contributed by atoms with Gasteiger partial charge in [-0.1, -0.05) is 91.7 Å². The van der Waals surface area contributed by atoms with Crippen molar-refractivity contribution >= 4 is 0 Å². The summed E-state index contributed by atoms with van der Waals surface area (Å²) in [5.74, 6) is 0.289. The van der Waals surface area contributed by atoms with Gasteiger partial charge in [0.15, 0.2) is 0 Å². The molecule has 0 saturated heterocycles. The predicted molar refractivity (Wildman–Crippen MR) is 111 cm³/mol. The highest BCUT2D eigenvalue weighted by molar-refractivity contribution is 5.49. The molecular weight excluding hydrogens is 300 g/mol. The molecule has 0 aliphatic carbocycles. The van der Waals surface area contributed by atoms with Crippen molar-refractivity contribution < 1.29 is 0 Å². The Labute approximate surface area is 153 Å². The molecule has 0 heteroatoms. The topological polar surface area (TPSA) is 0 Å². The van der Waals surface area contributed by atoms with E-state index in [1.54, 1.807) is 0 Å². The van der Waals surface area contributed by atoms with Crippen LogP contribution in [0.2, 0.25) is 0 Å². The molecule has 25 heavy (non-hydrogen) atoms. The molecule has 3 rings (SSSR count). The molecule has 130 valence electrons. The first-order valence-corrected chi connectivity index (χ1v) is 9.25. The molecule has 0 fully saturated rings. The molecule has 0 spiro atoms. The zero-order valence-electron chi connectivity index (χ0n) is 16.4. The van der Waals surface area contributed by atoms with Crippen LogP contribution in [0.5, 0.6) is 0 Å². The van der Waals surface area contributed by atoms with Gasteiger partial charge in [-0.25, -0.2) is 0 Å². The van der Waals surface area contributed by atoms with E-state index in [2.05, 4.69) is 94.4 Å². The van der Waals surface area contributed by atoms with E-state index >= 15 is 0 Å². The average Bonchev–Trinajstić information content (AvgIpc) is 2.61. The molecule has 0 heterocycles. The van der Waals surface area contributed by atoms with Crippen molar-refractivity contribution in [3.8, 4) is 0 Å². The van der Waals surface area contributed by atoms with Gasteiger partial charge in [0, 0.05) is 5.92 Å². The van der Waals surface area contributed by atoms with Gasteiger partial charge in [-0.05, 0) is 55.5 Å². The van der Waals surface area contributed by atoms with Crippen LogP contribution in [0, 0.1) is 27.7 Å². The second-order valence-electron chi connectivity index (χ2n) is 6.56. The summed E-state index contributed by atoms with van der Waals surface area (Å²) < 4.78 is 0. The number of rotatable bonds is 3. The molecule has 0 aromatic heterocycles. The van der Waals surface area contributed by atoms with Crippen LogP contribution in [0.25, 0.3) is 0 Å². The van der Waals surface area contributed by atoms with Crippen LogP contribution < -0.4 is 0 Å². The van der Waals surface area contributed by atoms with Gasteiger partial charge in [0.1, 0.15) is 0 Å². The molecule has 0 aliphatic rings. The zero-order valence-corrected chi connectivity index (χ0v) is 16.4. The molecule has 0 radical (unpaired) electrons. The van der Waals surface area contributed by atoms with Crippen LogP contribution in [0.15, 0.2) is 66.7 Å². The first kappa shape index (κ1) is 19.0. The summed E-state index contributed by atoms with van der Waals surface area (Å²) in [5, 5.41) is 0. The smallest absolute Gasteiger partial charge is 0.0345 e. The van der Waals surface area contributed by atoms with Gasteiger partial charge in [0.05, 0.1) is 0 Å². The van der Waals surface area contributed by atoms with Gasteiger partial charge in [0.2, 0.25) is 0 Å². The maximum Gasteiger partial charge on any atom is 0.0345 e. The average molecular weight is 331 g/mol. The summed E-state index contributed by atoms with van der Waals surface area (Å²) in [6, 6.07) is 24.4. The van der Waals surface area contributed by atoms with Crippen molar-refractivity contribution in [1.29, 1.82) is 0 Å². The summed E-state index contributed by atoms with van der Waals surface area (Å²) in [6.07, 6.45) is 0. The molecule has 0 bridgehead atoms. The summed E-state index contributed by atoms with van der Waals surface area (Å²) in [5.41, 5.74) is 9.50. The molecule has 0 unspecified atom stereocenters. The van der Waals surface area contributed by atoms with Crippen molar-refractivity contribution in [3.05, 3.63) is 106 Å². The van der Waals surface area contributed by atoms with Gasteiger partial charge in [-0.2, -0.15) is 0 Å².